The Labute approximate surface area is 179 Å². The van der Waals surface area contributed by atoms with Gasteiger partial charge in [0.25, 0.3) is 0 Å². The van der Waals surface area contributed by atoms with E-state index in [4.69, 9.17) is 9.31 Å². The van der Waals surface area contributed by atoms with Gasteiger partial charge in [0.1, 0.15) is 0 Å². The molecule has 0 spiro atoms. The van der Waals surface area contributed by atoms with Gasteiger partial charge in [-0.05, 0) is 94.9 Å². The van der Waals surface area contributed by atoms with E-state index < -0.39 is 0 Å². The summed E-state index contributed by atoms with van der Waals surface area (Å²) in [5.41, 5.74) is 4.19. The van der Waals surface area contributed by atoms with E-state index in [1.54, 1.807) is 11.3 Å². The van der Waals surface area contributed by atoms with Gasteiger partial charge in [-0.1, -0.05) is 18.2 Å². The van der Waals surface area contributed by atoms with Crippen LogP contribution in [-0.4, -0.2) is 24.1 Å². The molecule has 0 atom stereocenters. The molecule has 29 heavy (non-hydrogen) atoms. The lowest BCUT2D eigenvalue weighted by molar-refractivity contribution is 0.00578. The summed E-state index contributed by atoms with van der Waals surface area (Å²) in [5.74, 6) is 0.277. The van der Waals surface area contributed by atoms with Crippen molar-refractivity contribution in [3.8, 4) is 0 Å². The van der Waals surface area contributed by atoms with Crippen LogP contribution in [0.3, 0.4) is 0 Å². The van der Waals surface area contributed by atoms with Crippen LogP contribution in [0.4, 0.5) is 0 Å². The van der Waals surface area contributed by atoms with Gasteiger partial charge in [-0.25, -0.2) is 0 Å². The first kappa shape index (κ1) is 20.8. The zero-order valence-corrected chi connectivity index (χ0v) is 19.1. The van der Waals surface area contributed by atoms with Crippen molar-refractivity contribution in [2.45, 2.75) is 84.3 Å². The number of thiophene rings is 1. The highest BCUT2D eigenvalue weighted by Gasteiger charge is 2.51. The topological polar surface area (TPSA) is 35.5 Å². The van der Waals surface area contributed by atoms with Gasteiger partial charge in [0.05, 0.1) is 16.1 Å². The molecule has 0 radical (unpaired) electrons. The highest BCUT2D eigenvalue weighted by Crippen LogP contribution is 2.36. The Morgan fingerprint density at radius 2 is 1.76 bits per heavy atom. The lowest BCUT2D eigenvalue weighted by Gasteiger charge is -2.32. The van der Waals surface area contributed by atoms with Gasteiger partial charge < -0.3 is 9.31 Å². The Hall–Kier alpha value is -1.43. The minimum Gasteiger partial charge on any atom is -0.399 e. The summed E-state index contributed by atoms with van der Waals surface area (Å²) < 4.78 is 12.3. The van der Waals surface area contributed by atoms with Crippen molar-refractivity contribution < 1.29 is 14.1 Å². The predicted molar refractivity (Wildman–Crippen MR) is 121 cm³/mol. The number of benzene rings is 1. The molecule has 2 heterocycles. The van der Waals surface area contributed by atoms with Crippen molar-refractivity contribution >= 4 is 29.7 Å². The molecule has 1 fully saturated rings. The van der Waals surface area contributed by atoms with Crippen molar-refractivity contribution in [1.29, 1.82) is 0 Å². The number of Topliss-reactive ketones (excluding diaryl/α,β-unsaturated/α-hetero) is 1. The molecule has 2 aromatic rings. The molecule has 1 aromatic heterocycles. The van der Waals surface area contributed by atoms with E-state index >= 15 is 0 Å². The Morgan fingerprint density at radius 1 is 1.07 bits per heavy atom. The lowest BCUT2D eigenvalue weighted by Crippen LogP contribution is -2.41. The van der Waals surface area contributed by atoms with E-state index in [-0.39, 0.29) is 24.1 Å². The molecule has 1 saturated heterocycles. The van der Waals surface area contributed by atoms with Gasteiger partial charge in [0.15, 0.2) is 5.78 Å². The molecular weight excluding hydrogens is 379 g/mol. The van der Waals surface area contributed by atoms with Crippen LogP contribution in [0.25, 0.3) is 0 Å². The van der Waals surface area contributed by atoms with Crippen molar-refractivity contribution in [2.75, 3.05) is 0 Å². The zero-order chi connectivity index (χ0) is 20.8. The summed E-state index contributed by atoms with van der Waals surface area (Å²) in [7, 11) is -0.341. The average molecular weight is 410 g/mol. The molecule has 0 unspecified atom stereocenters. The SMILES string of the molecule is Cc1cc(B2OC(C)(C)C(C)(C)O2)ccc1CCC(=O)c1cc2c(s1)CCCC2. The number of fused-ring (bicyclic) bond motifs is 1. The van der Waals surface area contributed by atoms with E-state index in [1.807, 2.05) is 0 Å². The normalized spacial score (nSPS) is 20.0. The van der Waals surface area contributed by atoms with E-state index in [1.165, 1.54) is 34.4 Å². The molecular formula is C24H31BO3S. The van der Waals surface area contributed by atoms with Crippen LogP contribution in [-0.2, 0) is 28.6 Å². The van der Waals surface area contributed by atoms with Gasteiger partial charge in [-0.3, -0.25) is 4.79 Å². The number of carbonyl (C=O) groups excluding carboxylic acids is 1. The predicted octanol–water partition coefficient (Wildman–Crippen LogP) is 5.05. The summed E-state index contributed by atoms with van der Waals surface area (Å²) >= 11 is 1.72. The van der Waals surface area contributed by atoms with Crippen LogP contribution >= 0.6 is 11.3 Å². The fraction of sp³-hybridized carbons (Fsp3) is 0.542. The molecule has 3 nitrogen and oxygen atoms in total. The minimum absolute atomic E-state index is 0.277. The van der Waals surface area contributed by atoms with Gasteiger partial charge in [0, 0.05) is 11.3 Å². The van der Waals surface area contributed by atoms with Crippen LogP contribution < -0.4 is 5.46 Å². The smallest absolute Gasteiger partial charge is 0.399 e. The third-order valence-corrected chi connectivity index (χ3v) is 8.06. The molecule has 4 rings (SSSR count). The van der Waals surface area contributed by atoms with Crippen LogP contribution in [0.15, 0.2) is 24.3 Å². The van der Waals surface area contributed by atoms with Crippen molar-refractivity contribution in [3.63, 3.8) is 0 Å². The van der Waals surface area contributed by atoms with Gasteiger partial charge >= 0.3 is 7.12 Å². The molecule has 1 aromatic carbocycles. The summed E-state index contributed by atoms with van der Waals surface area (Å²) in [4.78, 5) is 15.1. The highest BCUT2D eigenvalue weighted by molar-refractivity contribution is 7.14. The fourth-order valence-corrected chi connectivity index (χ4v) is 5.35. The maximum atomic E-state index is 12.7. The zero-order valence-electron chi connectivity index (χ0n) is 18.3. The molecule has 154 valence electrons. The minimum atomic E-state index is -0.341. The van der Waals surface area contributed by atoms with E-state index in [0.717, 1.165) is 29.6 Å². The highest BCUT2D eigenvalue weighted by atomic mass is 32.1. The Kier molecular flexibility index (Phi) is 5.52. The van der Waals surface area contributed by atoms with Crippen LogP contribution in [0.2, 0.25) is 0 Å². The fourth-order valence-electron chi connectivity index (χ4n) is 4.12. The molecule has 0 N–H and O–H groups in total. The first-order chi connectivity index (χ1) is 13.7. The number of hydrogen-bond donors (Lipinski definition) is 0. The average Bonchev–Trinajstić information content (AvgIpc) is 3.18. The van der Waals surface area contributed by atoms with Crippen LogP contribution in [0.1, 0.15) is 78.2 Å². The first-order valence-corrected chi connectivity index (χ1v) is 11.6. The Balaban J connectivity index is 1.41. The molecule has 2 aliphatic rings. The molecule has 5 heteroatoms. The van der Waals surface area contributed by atoms with Crippen molar-refractivity contribution in [2.24, 2.45) is 0 Å². The van der Waals surface area contributed by atoms with Crippen LogP contribution in [0.5, 0.6) is 0 Å². The summed E-state index contributed by atoms with van der Waals surface area (Å²) in [5, 5.41) is 0. The quantitative estimate of drug-likeness (QED) is 0.511. The molecule has 1 aliphatic carbocycles. The maximum absolute atomic E-state index is 12.7. The van der Waals surface area contributed by atoms with Crippen molar-refractivity contribution in [1.82, 2.24) is 0 Å². The van der Waals surface area contributed by atoms with Crippen molar-refractivity contribution in [3.05, 3.63) is 50.7 Å². The standard InChI is InChI=1S/C24H31BO3S/c1-16-14-19(25-27-23(2,3)24(4,5)28-25)12-10-17(16)11-13-20(26)22-15-18-8-6-7-9-21(18)29-22/h10,12,14-15H,6-9,11,13H2,1-5H3. The van der Waals surface area contributed by atoms with Gasteiger partial charge in [0.2, 0.25) is 0 Å². The second-order valence-electron chi connectivity index (χ2n) is 9.46. The number of rotatable bonds is 5. The summed E-state index contributed by atoms with van der Waals surface area (Å²) in [6, 6.07) is 8.50. The molecule has 0 saturated carbocycles. The molecule has 0 bridgehead atoms. The van der Waals surface area contributed by atoms with E-state index in [2.05, 4.69) is 58.9 Å². The largest absolute Gasteiger partial charge is 0.494 e. The summed E-state index contributed by atoms with van der Waals surface area (Å²) in [6.45, 7) is 10.4. The summed E-state index contributed by atoms with van der Waals surface area (Å²) in [6.07, 6.45) is 6.14. The second kappa shape index (κ2) is 7.68. The van der Waals surface area contributed by atoms with Gasteiger partial charge in [-0.15, -0.1) is 11.3 Å². The third-order valence-electron chi connectivity index (χ3n) is 6.78. The number of hydrogen-bond acceptors (Lipinski definition) is 4. The Bertz CT molecular complexity index is 889. The number of aryl methyl sites for hydroxylation is 4. The Morgan fingerprint density at radius 3 is 2.41 bits per heavy atom. The van der Waals surface area contributed by atoms with Crippen LogP contribution in [0, 0.1) is 6.92 Å². The number of carbonyl (C=O) groups is 1. The molecule has 0 amide bonds. The van der Waals surface area contributed by atoms with E-state index in [9.17, 15) is 4.79 Å². The van der Waals surface area contributed by atoms with E-state index in [0.29, 0.717) is 6.42 Å². The lowest BCUT2D eigenvalue weighted by atomic mass is 9.77. The molecule has 1 aliphatic heterocycles. The third kappa shape index (κ3) is 4.10. The monoisotopic (exact) mass is 410 g/mol. The first-order valence-electron chi connectivity index (χ1n) is 10.8. The van der Waals surface area contributed by atoms with Gasteiger partial charge in [-0.2, -0.15) is 0 Å². The second-order valence-corrected chi connectivity index (χ2v) is 10.6. The maximum Gasteiger partial charge on any atom is 0.494 e. The number of ketones is 1.